The van der Waals surface area contributed by atoms with Crippen LogP contribution in [0.1, 0.15) is 24.5 Å². The summed E-state index contributed by atoms with van der Waals surface area (Å²) in [4.78, 5) is 26.1. The summed E-state index contributed by atoms with van der Waals surface area (Å²) in [6.07, 6.45) is 0.474. The Morgan fingerprint density at radius 2 is 1.92 bits per heavy atom. The molecule has 1 aromatic carbocycles. The number of hydrogen-bond acceptors (Lipinski definition) is 5. The van der Waals surface area contributed by atoms with Gasteiger partial charge in [-0.3, -0.25) is 4.79 Å². The zero-order valence-electron chi connectivity index (χ0n) is 14.2. The zero-order valence-corrected chi connectivity index (χ0v) is 15.0. The number of nitrogens with zero attached hydrogens (tertiary/aromatic N) is 1. The van der Waals surface area contributed by atoms with Crippen LogP contribution in [0.15, 0.2) is 24.3 Å². The van der Waals surface area contributed by atoms with Crippen molar-refractivity contribution < 1.29 is 22.7 Å². The van der Waals surface area contributed by atoms with E-state index in [9.17, 15) is 18.0 Å². The average Bonchev–Trinajstić information content (AvgIpc) is 2.88. The smallest absolute Gasteiger partial charge is 0.328 e. The third kappa shape index (κ3) is 4.35. The number of methoxy groups -OCH3 is 1. The van der Waals surface area contributed by atoms with Crippen molar-refractivity contribution >= 4 is 21.7 Å². The van der Waals surface area contributed by atoms with Gasteiger partial charge in [0.25, 0.3) is 0 Å². The second kappa shape index (κ2) is 7.34. The molecule has 1 heterocycles. The van der Waals surface area contributed by atoms with Crippen LogP contribution in [0.25, 0.3) is 0 Å². The summed E-state index contributed by atoms with van der Waals surface area (Å²) in [6.45, 7) is 3.53. The Balaban J connectivity index is 2.22. The molecule has 0 N–H and O–H groups in total. The summed E-state index contributed by atoms with van der Waals surface area (Å²) in [6, 6.07) is 6.25. The molecule has 2 rings (SSSR count). The molecule has 1 fully saturated rings. The third-order valence-electron chi connectivity index (χ3n) is 4.33. The van der Waals surface area contributed by atoms with Crippen LogP contribution in [0.5, 0.6) is 0 Å². The van der Waals surface area contributed by atoms with E-state index >= 15 is 0 Å². The van der Waals surface area contributed by atoms with Crippen molar-refractivity contribution in [2.45, 2.75) is 38.8 Å². The molecule has 0 saturated carbocycles. The van der Waals surface area contributed by atoms with Crippen LogP contribution in [-0.2, 0) is 30.6 Å². The number of amides is 1. The number of hydrogen-bond donors (Lipinski definition) is 0. The van der Waals surface area contributed by atoms with Crippen molar-refractivity contribution in [2.75, 3.05) is 18.6 Å². The number of rotatable bonds is 5. The Bertz CT molecular complexity index is 711. The number of benzene rings is 1. The van der Waals surface area contributed by atoms with Crippen molar-refractivity contribution in [1.29, 1.82) is 0 Å². The molecule has 1 saturated heterocycles. The van der Waals surface area contributed by atoms with Crippen molar-refractivity contribution in [3.05, 3.63) is 35.4 Å². The molecular weight excluding hydrogens is 330 g/mol. The van der Waals surface area contributed by atoms with Gasteiger partial charge in [-0.25, -0.2) is 13.2 Å². The van der Waals surface area contributed by atoms with Crippen molar-refractivity contribution in [3.8, 4) is 0 Å². The molecule has 132 valence electrons. The van der Waals surface area contributed by atoms with E-state index in [1.54, 1.807) is 6.92 Å². The molecule has 1 amide bonds. The van der Waals surface area contributed by atoms with E-state index in [4.69, 9.17) is 4.74 Å². The number of carbonyl (C=O) groups excluding carboxylic acids is 2. The number of aryl methyl sites for hydroxylation is 1. The highest BCUT2D eigenvalue weighted by Crippen LogP contribution is 2.22. The van der Waals surface area contributed by atoms with E-state index in [1.165, 1.54) is 12.0 Å². The van der Waals surface area contributed by atoms with Gasteiger partial charge >= 0.3 is 5.97 Å². The predicted molar refractivity (Wildman–Crippen MR) is 90.3 cm³/mol. The summed E-state index contributed by atoms with van der Waals surface area (Å²) in [5, 5.41) is 0. The summed E-state index contributed by atoms with van der Waals surface area (Å²) in [7, 11) is -1.91. The fourth-order valence-corrected chi connectivity index (χ4v) is 4.70. The van der Waals surface area contributed by atoms with Crippen LogP contribution in [-0.4, -0.2) is 55.9 Å². The summed E-state index contributed by atoms with van der Waals surface area (Å²) in [5.41, 5.74) is 1.92. The second-order valence-electron chi connectivity index (χ2n) is 6.22. The Morgan fingerprint density at radius 3 is 2.42 bits per heavy atom. The van der Waals surface area contributed by atoms with E-state index < -0.39 is 27.9 Å². The SMILES string of the molecule is COC(=O)[C@@H](C)N(C(=O)Cc1ccc(C)cc1)[C@@H]1CCS(=O)(=O)C1. The van der Waals surface area contributed by atoms with E-state index in [1.807, 2.05) is 31.2 Å². The van der Waals surface area contributed by atoms with Gasteiger partial charge in [0.05, 0.1) is 25.0 Å². The summed E-state index contributed by atoms with van der Waals surface area (Å²) >= 11 is 0. The second-order valence-corrected chi connectivity index (χ2v) is 8.45. The normalized spacial score (nSPS) is 20.4. The van der Waals surface area contributed by atoms with E-state index in [0.29, 0.717) is 6.42 Å². The van der Waals surface area contributed by atoms with E-state index in [2.05, 4.69) is 0 Å². The standard InChI is InChI=1S/C17H23NO5S/c1-12-4-6-14(7-5-12)10-16(19)18(13(2)17(20)23-3)15-8-9-24(21,22)11-15/h4-7,13,15H,8-11H2,1-3H3/t13-,15-/m1/s1. The molecule has 2 atom stereocenters. The van der Waals surface area contributed by atoms with Gasteiger partial charge in [-0.15, -0.1) is 0 Å². The first-order valence-corrected chi connectivity index (χ1v) is 9.70. The average molecular weight is 353 g/mol. The molecule has 6 nitrogen and oxygen atoms in total. The van der Waals surface area contributed by atoms with Gasteiger partial charge in [-0.05, 0) is 25.8 Å². The molecule has 1 aliphatic rings. The van der Waals surface area contributed by atoms with Gasteiger partial charge in [-0.2, -0.15) is 0 Å². The first kappa shape index (κ1) is 18.4. The van der Waals surface area contributed by atoms with Gasteiger partial charge in [-0.1, -0.05) is 29.8 Å². The Morgan fingerprint density at radius 1 is 1.29 bits per heavy atom. The fourth-order valence-electron chi connectivity index (χ4n) is 2.99. The molecule has 24 heavy (non-hydrogen) atoms. The van der Waals surface area contributed by atoms with Gasteiger partial charge in [0.1, 0.15) is 6.04 Å². The molecule has 0 radical (unpaired) electrons. The number of sulfone groups is 1. The lowest BCUT2D eigenvalue weighted by molar-refractivity contribution is -0.153. The number of esters is 1. The minimum absolute atomic E-state index is 0.0415. The Hall–Kier alpha value is -1.89. The Kier molecular flexibility index (Phi) is 5.64. The van der Waals surface area contributed by atoms with E-state index in [0.717, 1.165) is 11.1 Å². The van der Waals surface area contributed by atoms with Crippen LogP contribution < -0.4 is 0 Å². The van der Waals surface area contributed by atoms with Gasteiger partial charge < -0.3 is 9.64 Å². The van der Waals surface area contributed by atoms with Crippen molar-refractivity contribution in [2.24, 2.45) is 0 Å². The molecule has 7 heteroatoms. The molecule has 0 bridgehead atoms. The largest absolute Gasteiger partial charge is 0.467 e. The molecule has 1 aromatic rings. The zero-order chi connectivity index (χ0) is 17.9. The molecule has 0 spiro atoms. The lowest BCUT2D eigenvalue weighted by Gasteiger charge is -2.32. The molecule has 0 unspecified atom stereocenters. The highest BCUT2D eigenvalue weighted by Gasteiger charge is 2.39. The van der Waals surface area contributed by atoms with Crippen LogP contribution >= 0.6 is 0 Å². The third-order valence-corrected chi connectivity index (χ3v) is 6.08. The minimum atomic E-state index is -3.16. The van der Waals surface area contributed by atoms with Crippen molar-refractivity contribution in [3.63, 3.8) is 0 Å². The quantitative estimate of drug-likeness (QED) is 0.741. The van der Waals surface area contributed by atoms with Gasteiger partial charge in [0.2, 0.25) is 5.91 Å². The van der Waals surface area contributed by atoms with Crippen LogP contribution in [0.4, 0.5) is 0 Å². The Labute approximate surface area is 142 Å². The number of ether oxygens (including phenoxy) is 1. The maximum absolute atomic E-state index is 12.8. The first-order chi connectivity index (χ1) is 11.2. The maximum Gasteiger partial charge on any atom is 0.328 e. The fraction of sp³-hybridized carbons (Fsp3) is 0.529. The topological polar surface area (TPSA) is 80.8 Å². The van der Waals surface area contributed by atoms with E-state index in [-0.39, 0.29) is 23.8 Å². The first-order valence-electron chi connectivity index (χ1n) is 7.88. The molecular formula is C17H23NO5S. The van der Waals surface area contributed by atoms with Crippen LogP contribution in [0.2, 0.25) is 0 Å². The van der Waals surface area contributed by atoms with Crippen LogP contribution in [0.3, 0.4) is 0 Å². The lowest BCUT2D eigenvalue weighted by Crippen LogP contribution is -2.50. The van der Waals surface area contributed by atoms with Gasteiger partial charge in [0, 0.05) is 6.04 Å². The summed E-state index contributed by atoms with van der Waals surface area (Å²) < 4.78 is 28.3. The lowest BCUT2D eigenvalue weighted by atomic mass is 10.1. The molecule has 0 aliphatic carbocycles. The highest BCUT2D eigenvalue weighted by molar-refractivity contribution is 7.91. The molecule has 1 aliphatic heterocycles. The summed E-state index contributed by atoms with van der Waals surface area (Å²) in [5.74, 6) is -0.871. The monoisotopic (exact) mass is 353 g/mol. The molecule has 0 aromatic heterocycles. The minimum Gasteiger partial charge on any atom is -0.467 e. The van der Waals surface area contributed by atoms with Gasteiger partial charge in [0.15, 0.2) is 9.84 Å². The van der Waals surface area contributed by atoms with Crippen molar-refractivity contribution in [1.82, 2.24) is 4.90 Å². The van der Waals surface area contributed by atoms with Crippen LogP contribution in [0, 0.1) is 6.92 Å². The maximum atomic E-state index is 12.8. The number of carbonyl (C=O) groups is 2. The predicted octanol–water partition coefficient (Wildman–Crippen LogP) is 1.11. The highest BCUT2D eigenvalue weighted by atomic mass is 32.2.